The van der Waals surface area contributed by atoms with Crippen LogP contribution in [0.5, 0.6) is 0 Å². The summed E-state index contributed by atoms with van der Waals surface area (Å²) in [5, 5.41) is 16.6. The van der Waals surface area contributed by atoms with Gasteiger partial charge in [0.1, 0.15) is 5.69 Å². The molecule has 1 spiro atoms. The number of hydrogen-bond acceptors (Lipinski definition) is 4. The van der Waals surface area contributed by atoms with Crippen LogP contribution in [0.2, 0.25) is 0 Å². The van der Waals surface area contributed by atoms with Gasteiger partial charge in [0, 0.05) is 18.9 Å². The average Bonchev–Trinajstić information content (AvgIpc) is 3.54. The molecule has 1 aliphatic heterocycles. The van der Waals surface area contributed by atoms with Gasteiger partial charge in [-0.3, -0.25) is 4.57 Å². The molecule has 1 saturated heterocycles. The van der Waals surface area contributed by atoms with Crippen molar-refractivity contribution in [3.8, 4) is 28.8 Å². The van der Waals surface area contributed by atoms with Crippen LogP contribution in [0.3, 0.4) is 0 Å². The first-order chi connectivity index (χ1) is 20.8. The number of piperidine rings is 1. The molecule has 1 saturated carbocycles. The number of nitriles is 1. The molecule has 2 aliphatic rings. The third-order valence-electron chi connectivity index (χ3n) is 9.23. The smallest absolute Gasteiger partial charge is 0.334 e. The molecule has 3 heterocycles. The van der Waals surface area contributed by atoms with Crippen LogP contribution in [0.4, 0.5) is 18.0 Å². The number of halogens is 3. The minimum atomic E-state index is -4.61. The third kappa shape index (κ3) is 5.21. The average molecular weight is 605 g/mol. The van der Waals surface area contributed by atoms with Crippen molar-refractivity contribution in [2.45, 2.75) is 44.8 Å². The van der Waals surface area contributed by atoms with Crippen LogP contribution in [0, 0.1) is 23.7 Å². The first-order valence-corrected chi connectivity index (χ1v) is 14.5. The summed E-state index contributed by atoms with van der Waals surface area (Å²) in [4.78, 5) is 27.9. The standard InChI is InChI=1S/C32H32F3N7O2/c1-21-28(27-11-14-37-41(27)25-9-7-22(20-36)8-10-25)40(30(44)39(21)26-6-4-5-23(17-26)32(33,34)35)29(43)38-24-18-31(19-24)12-15-42(2,3)16-13-31/h4-11,14,17,24H,12-13,15-16,18-19H2,1-3H3/p+1. The number of amides is 1. The zero-order chi connectivity index (χ0) is 31.4. The zero-order valence-electron chi connectivity index (χ0n) is 24.7. The van der Waals surface area contributed by atoms with Gasteiger partial charge in [-0.05, 0) is 73.7 Å². The van der Waals surface area contributed by atoms with Crippen molar-refractivity contribution in [2.24, 2.45) is 5.41 Å². The van der Waals surface area contributed by atoms with Crippen LogP contribution in [-0.2, 0) is 6.18 Å². The molecule has 12 heteroatoms. The molecule has 1 amide bonds. The van der Waals surface area contributed by atoms with Crippen LogP contribution in [0.25, 0.3) is 22.8 Å². The quantitative estimate of drug-likeness (QED) is 0.321. The molecule has 6 rings (SSSR count). The lowest BCUT2D eigenvalue weighted by atomic mass is 9.60. The Hall–Kier alpha value is -4.63. The maximum absolute atomic E-state index is 14.0. The Morgan fingerprint density at radius 2 is 1.75 bits per heavy atom. The highest BCUT2D eigenvalue weighted by Crippen LogP contribution is 2.49. The minimum Gasteiger partial charge on any atom is -0.334 e. The first kappa shape index (κ1) is 29.4. The molecule has 1 aliphatic carbocycles. The van der Waals surface area contributed by atoms with Crippen molar-refractivity contribution in [3.05, 3.63) is 88.1 Å². The van der Waals surface area contributed by atoms with Gasteiger partial charge < -0.3 is 9.80 Å². The Morgan fingerprint density at radius 1 is 1.07 bits per heavy atom. The number of quaternary nitrogens is 1. The second-order valence-electron chi connectivity index (χ2n) is 12.7. The number of imidazole rings is 1. The first-order valence-electron chi connectivity index (χ1n) is 14.5. The maximum atomic E-state index is 14.0. The number of nitrogens with one attached hydrogen (secondary N) is 1. The summed E-state index contributed by atoms with van der Waals surface area (Å²) in [5.41, 5.74) is 0.387. The number of aromatic nitrogens is 4. The van der Waals surface area contributed by atoms with Gasteiger partial charge in [-0.15, -0.1) is 0 Å². The summed E-state index contributed by atoms with van der Waals surface area (Å²) in [7, 11) is 4.44. The fourth-order valence-electron chi connectivity index (χ4n) is 6.64. The Balaban J connectivity index is 1.41. The number of alkyl halides is 3. The van der Waals surface area contributed by atoms with Crippen LogP contribution in [0.15, 0.2) is 65.6 Å². The summed E-state index contributed by atoms with van der Waals surface area (Å²) >= 11 is 0. The van der Waals surface area contributed by atoms with Gasteiger partial charge in [0.2, 0.25) is 0 Å². The van der Waals surface area contributed by atoms with Crippen molar-refractivity contribution in [1.29, 1.82) is 5.26 Å². The van der Waals surface area contributed by atoms with Crippen molar-refractivity contribution in [3.63, 3.8) is 0 Å². The molecule has 1 N–H and O–H groups in total. The molecule has 2 aromatic heterocycles. The highest BCUT2D eigenvalue weighted by atomic mass is 19.4. The number of likely N-dealkylation sites (tertiary alicyclic amines) is 1. The van der Waals surface area contributed by atoms with E-state index in [1.807, 2.05) is 0 Å². The van der Waals surface area contributed by atoms with Gasteiger partial charge >= 0.3 is 17.9 Å². The fraction of sp³-hybridized carbons (Fsp3) is 0.375. The van der Waals surface area contributed by atoms with Gasteiger partial charge in [0.25, 0.3) is 0 Å². The normalized spacial score (nSPS) is 17.7. The van der Waals surface area contributed by atoms with Crippen LogP contribution >= 0.6 is 0 Å². The highest BCUT2D eigenvalue weighted by molar-refractivity contribution is 5.83. The largest absolute Gasteiger partial charge is 0.416 e. The van der Waals surface area contributed by atoms with Gasteiger partial charge in [0.15, 0.2) is 0 Å². The van der Waals surface area contributed by atoms with Gasteiger partial charge in [-0.25, -0.2) is 18.8 Å². The lowest BCUT2D eigenvalue weighted by molar-refractivity contribution is -0.898. The summed E-state index contributed by atoms with van der Waals surface area (Å²) in [6.07, 6.45) is 0.690. The second-order valence-corrected chi connectivity index (χ2v) is 12.7. The molecule has 9 nitrogen and oxygen atoms in total. The van der Waals surface area contributed by atoms with E-state index in [9.17, 15) is 28.0 Å². The molecule has 4 aromatic rings. The SMILES string of the molecule is Cc1c(-c2ccnn2-c2ccc(C#N)cc2)n(C(=O)NC2CC3(CC[N+](C)(C)CC3)C2)c(=O)n1-c1cccc(C(F)(F)F)c1. The molecular formula is C32H33F3N7O2+. The van der Waals surface area contributed by atoms with E-state index in [0.717, 1.165) is 64.5 Å². The second kappa shape index (κ2) is 10.5. The molecule has 228 valence electrons. The third-order valence-corrected chi connectivity index (χ3v) is 9.23. The van der Waals surface area contributed by atoms with E-state index < -0.39 is 23.5 Å². The molecule has 0 radical (unpaired) electrons. The summed E-state index contributed by atoms with van der Waals surface area (Å²) in [5.74, 6) is 0. The van der Waals surface area contributed by atoms with Gasteiger partial charge in [-0.1, -0.05) is 6.07 Å². The van der Waals surface area contributed by atoms with Crippen molar-refractivity contribution >= 4 is 6.03 Å². The van der Waals surface area contributed by atoms with E-state index in [0.29, 0.717) is 16.9 Å². The topological polar surface area (TPSA) is 97.6 Å². The monoisotopic (exact) mass is 604 g/mol. The molecule has 44 heavy (non-hydrogen) atoms. The van der Waals surface area contributed by atoms with E-state index in [2.05, 4.69) is 30.6 Å². The molecule has 2 fully saturated rings. The number of benzene rings is 2. The van der Waals surface area contributed by atoms with Gasteiger partial charge in [0.05, 0.1) is 73.3 Å². The number of carbonyl (C=O) groups excluding carboxylic acids is 1. The number of rotatable bonds is 4. The Bertz CT molecular complexity index is 1820. The zero-order valence-corrected chi connectivity index (χ0v) is 24.7. The van der Waals surface area contributed by atoms with Crippen LogP contribution < -0.4 is 11.0 Å². The van der Waals surface area contributed by atoms with Crippen LogP contribution in [-0.4, -0.2) is 62.7 Å². The molecule has 2 aromatic carbocycles. The van der Waals surface area contributed by atoms with Crippen molar-refractivity contribution < 1.29 is 22.4 Å². The highest BCUT2D eigenvalue weighted by Gasteiger charge is 2.49. The van der Waals surface area contributed by atoms with Crippen molar-refractivity contribution in [1.82, 2.24) is 24.2 Å². The Morgan fingerprint density at radius 3 is 2.39 bits per heavy atom. The van der Waals surface area contributed by atoms with Crippen molar-refractivity contribution in [2.75, 3.05) is 27.2 Å². The molecule has 0 unspecified atom stereocenters. The van der Waals surface area contributed by atoms with Gasteiger partial charge in [-0.2, -0.15) is 23.5 Å². The van der Waals surface area contributed by atoms with E-state index in [-0.39, 0.29) is 28.5 Å². The Kier molecular flexibility index (Phi) is 7.04. The summed E-state index contributed by atoms with van der Waals surface area (Å²) < 4.78 is 45.5. The lowest BCUT2D eigenvalue weighted by Crippen LogP contribution is -2.58. The van der Waals surface area contributed by atoms with Crippen LogP contribution in [0.1, 0.15) is 42.5 Å². The van der Waals surface area contributed by atoms with E-state index in [1.54, 1.807) is 37.3 Å². The van der Waals surface area contributed by atoms with E-state index in [1.165, 1.54) is 23.0 Å². The Labute approximate surface area is 252 Å². The molecular weight excluding hydrogens is 571 g/mol. The summed E-state index contributed by atoms with van der Waals surface area (Å²) in [6, 6.07) is 14.1. The fourth-order valence-corrected chi connectivity index (χ4v) is 6.64. The number of hydrogen-bond donors (Lipinski definition) is 1. The van der Waals surface area contributed by atoms with E-state index in [4.69, 9.17) is 0 Å². The summed E-state index contributed by atoms with van der Waals surface area (Å²) in [6.45, 7) is 3.74. The predicted octanol–water partition coefficient (Wildman–Crippen LogP) is 5.27. The molecule has 0 bridgehead atoms. The maximum Gasteiger partial charge on any atom is 0.416 e. The predicted molar refractivity (Wildman–Crippen MR) is 158 cm³/mol. The lowest BCUT2D eigenvalue weighted by Gasteiger charge is -2.53. The number of carbonyl (C=O) groups is 1. The van der Waals surface area contributed by atoms with E-state index >= 15 is 0 Å². The molecule has 0 atom stereocenters. The minimum absolute atomic E-state index is 0.00916. The number of nitrogens with zero attached hydrogens (tertiary/aromatic N) is 6.